The number of nitrogens with two attached hydrogens (primary N) is 1. The zero-order valence-corrected chi connectivity index (χ0v) is 10.8. The van der Waals surface area contributed by atoms with Gasteiger partial charge in [-0.2, -0.15) is 0 Å². The van der Waals surface area contributed by atoms with Gasteiger partial charge in [-0.05, 0) is 30.5 Å². The van der Waals surface area contributed by atoms with E-state index in [0.717, 1.165) is 31.6 Å². The van der Waals surface area contributed by atoms with Gasteiger partial charge in [-0.1, -0.05) is 12.1 Å². The van der Waals surface area contributed by atoms with Crippen LogP contribution in [-0.2, 0) is 4.74 Å². The Morgan fingerprint density at radius 2 is 2.37 bits per heavy atom. The molecule has 19 heavy (non-hydrogen) atoms. The zero-order valence-electron chi connectivity index (χ0n) is 10.8. The highest BCUT2D eigenvalue weighted by molar-refractivity contribution is 5.80. The lowest BCUT2D eigenvalue weighted by Gasteiger charge is -2.28. The first-order valence-electron chi connectivity index (χ1n) is 6.71. The molecule has 0 saturated carbocycles. The third kappa shape index (κ3) is 2.51. The van der Waals surface area contributed by atoms with Crippen LogP contribution in [0, 0.1) is 0 Å². The summed E-state index contributed by atoms with van der Waals surface area (Å²) in [5.41, 5.74) is 7.02. The van der Waals surface area contributed by atoms with Crippen LogP contribution in [0.4, 0.5) is 0 Å². The molecule has 1 aromatic rings. The summed E-state index contributed by atoms with van der Waals surface area (Å²) in [5, 5.41) is 9.60. The number of phenolic OH excluding ortho intramolecular Hbond substituents is 1. The van der Waals surface area contributed by atoms with Crippen LogP contribution < -0.4 is 5.73 Å². The Morgan fingerprint density at radius 3 is 3.11 bits per heavy atom. The van der Waals surface area contributed by atoms with Gasteiger partial charge < -0.3 is 20.5 Å². The van der Waals surface area contributed by atoms with E-state index in [0.29, 0.717) is 12.5 Å². The van der Waals surface area contributed by atoms with E-state index in [1.807, 2.05) is 12.1 Å². The molecule has 102 valence electrons. The molecule has 0 bridgehead atoms. The minimum atomic E-state index is 0.108. The second-order valence-corrected chi connectivity index (χ2v) is 5.10. The molecule has 0 amide bonds. The maximum absolute atomic E-state index is 9.60. The van der Waals surface area contributed by atoms with Gasteiger partial charge >= 0.3 is 0 Å². The second kappa shape index (κ2) is 5.09. The number of hydrogen-bond donors (Lipinski definition) is 2. The molecule has 2 aliphatic rings. The van der Waals surface area contributed by atoms with Gasteiger partial charge in [-0.15, -0.1) is 0 Å². The Kier molecular flexibility index (Phi) is 3.29. The number of nitrogens with zero attached hydrogens (tertiary/aromatic N) is 2. The molecule has 2 atom stereocenters. The van der Waals surface area contributed by atoms with Crippen LogP contribution in [0.25, 0.3) is 0 Å². The Hall–Kier alpha value is -1.75. The summed E-state index contributed by atoms with van der Waals surface area (Å²) in [6.07, 6.45) is 2.44. The number of ether oxygens (including phenoxy) is 1. The first kappa shape index (κ1) is 12.3. The highest BCUT2D eigenvalue weighted by atomic mass is 16.5. The second-order valence-electron chi connectivity index (χ2n) is 5.10. The molecule has 3 rings (SSSR count). The van der Waals surface area contributed by atoms with E-state index in [-0.39, 0.29) is 17.9 Å². The predicted octanol–water partition coefficient (Wildman–Crippen LogP) is 1.24. The van der Waals surface area contributed by atoms with Crippen LogP contribution in [-0.4, -0.2) is 41.8 Å². The van der Waals surface area contributed by atoms with Crippen molar-refractivity contribution in [1.82, 2.24) is 4.90 Å². The summed E-state index contributed by atoms with van der Waals surface area (Å²) >= 11 is 0. The van der Waals surface area contributed by atoms with Crippen LogP contribution >= 0.6 is 0 Å². The number of hydrogen-bond acceptors (Lipinski definition) is 5. The van der Waals surface area contributed by atoms with E-state index in [1.165, 1.54) is 0 Å². The summed E-state index contributed by atoms with van der Waals surface area (Å²) in [6, 6.07) is 7.41. The molecule has 0 aliphatic carbocycles. The Bertz CT molecular complexity index is 483. The van der Waals surface area contributed by atoms with Crippen molar-refractivity contribution in [2.75, 3.05) is 19.7 Å². The SMILES string of the molecule is NC1=NCC(c2cccc(O)c2)N1CC1CCCO1. The molecule has 1 saturated heterocycles. The number of benzene rings is 1. The minimum Gasteiger partial charge on any atom is -0.508 e. The van der Waals surface area contributed by atoms with Crippen molar-refractivity contribution in [3.05, 3.63) is 29.8 Å². The lowest BCUT2D eigenvalue weighted by molar-refractivity contribution is 0.0852. The number of rotatable bonds is 3. The average Bonchev–Trinajstić information content (AvgIpc) is 3.01. The van der Waals surface area contributed by atoms with Crippen molar-refractivity contribution in [2.45, 2.75) is 25.0 Å². The van der Waals surface area contributed by atoms with Crippen LogP contribution in [0.1, 0.15) is 24.4 Å². The summed E-state index contributed by atoms with van der Waals surface area (Å²) in [7, 11) is 0. The highest BCUT2D eigenvalue weighted by Gasteiger charge is 2.30. The van der Waals surface area contributed by atoms with Gasteiger partial charge in [-0.25, -0.2) is 0 Å². The van der Waals surface area contributed by atoms with Gasteiger partial charge in [-0.3, -0.25) is 4.99 Å². The smallest absolute Gasteiger partial charge is 0.192 e. The molecule has 2 heterocycles. The van der Waals surface area contributed by atoms with E-state index < -0.39 is 0 Å². The van der Waals surface area contributed by atoms with E-state index >= 15 is 0 Å². The topological polar surface area (TPSA) is 71.1 Å². The predicted molar refractivity (Wildman–Crippen MR) is 73.0 cm³/mol. The van der Waals surface area contributed by atoms with Gasteiger partial charge in [0.25, 0.3) is 0 Å². The maximum atomic E-state index is 9.60. The molecule has 5 heteroatoms. The van der Waals surface area contributed by atoms with E-state index in [1.54, 1.807) is 12.1 Å². The largest absolute Gasteiger partial charge is 0.508 e. The Balaban J connectivity index is 1.77. The quantitative estimate of drug-likeness (QED) is 0.859. The molecule has 2 unspecified atom stereocenters. The van der Waals surface area contributed by atoms with E-state index in [9.17, 15) is 5.11 Å². The first-order chi connectivity index (χ1) is 9.24. The lowest BCUT2D eigenvalue weighted by atomic mass is 10.1. The van der Waals surface area contributed by atoms with Gasteiger partial charge in [0.05, 0.1) is 18.7 Å². The van der Waals surface area contributed by atoms with Crippen molar-refractivity contribution in [2.24, 2.45) is 10.7 Å². The Labute approximate surface area is 112 Å². The van der Waals surface area contributed by atoms with Gasteiger partial charge in [0, 0.05) is 13.2 Å². The molecular weight excluding hydrogens is 242 g/mol. The standard InChI is InChI=1S/C14H19N3O2/c15-14-16-8-13(10-3-1-4-11(18)7-10)17(14)9-12-5-2-6-19-12/h1,3-4,7,12-13,18H,2,5-6,8-9H2,(H2,15,16). The molecule has 5 nitrogen and oxygen atoms in total. The molecule has 0 aromatic heterocycles. The van der Waals surface area contributed by atoms with Crippen molar-refractivity contribution < 1.29 is 9.84 Å². The molecule has 2 aliphatic heterocycles. The first-order valence-corrected chi connectivity index (χ1v) is 6.71. The molecule has 0 radical (unpaired) electrons. The normalized spacial score (nSPS) is 26.7. The van der Waals surface area contributed by atoms with Crippen molar-refractivity contribution >= 4 is 5.96 Å². The van der Waals surface area contributed by atoms with Gasteiger partial charge in [0.2, 0.25) is 0 Å². The number of phenols is 1. The highest BCUT2D eigenvalue weighted by Crippen LogP contribution is 2.29. The third-order valence-corrected chi connectivity index (χ3v) is 3.78. The minimum absolute atomic E-state index is 0.108. The third-order valence-electron chi connectivity index (χ3n) is 3.78. The summed E-state index contributed by atoms with van der Waals surface area (Å²) in [5.74, 6) is 0.851. The van der Waals surface area contributed by atoms with Gasteiger partial charge in [0.1, 0.15) is 5.75 Å². The fourth-order valence-corrected chi connectivity index (χ4v) is 2.77. The number of aliphatic imine (C=N–C) groups is 1. The van der Waals surface area contributed by atoms with Crippen molar-refractivity contribution in [3.63, 3.8) is 0 Å². The molecule has 0 spiro atoms. The summed E-state index contributed by atoms with van der Waals surface area (Å²) in [6.45, 7) is 2.25. The van der Waals surface area contributed by atoms with Crippen molar-refractivity contribution in [1.29, 1.82) is 0 Å². The average molecular weight is 261 g/mol. The Morgan fingerprint density at radius 1 is 1.47 bits per heavy atom. The van der Waals surface area contributed by atoms with E-state index in [4.69, 9.17) is 10.5 Å². The lowest BCUT2D eigenvalue weighted by Crippen LogP contribution is -2.41. The summed E-state index contributed by atoms with van der Waals surface area (Å²) < 4.78 is 5.67. The van der Waals surface area contributed by atoms with Crippen LogP contribution in [0.15, 0.2) is 29.3 Å². The molecule has 1 aromatic carbocycles. The summed E-state index contributed by atoms with van der Waals surface area (Å²) in [4.78, 5) is 6.42. The van der Waals surface area contributed by atoms with Crippen LogP contribution in [0.3, 0.4) is 0 Å². The van der Waals surface area contributed by atoms with Crippen LogP contribution in [0.2, 0.25) is 0 Å². The fraction of sp³-hybridized carbons (Fsp3) is 0.500. The number of aromatic hydroxyl groups is 1. The van der Waals surface area contributed by atoms with Crippen LogP contribution in [0.5, 0.6) is 5.75 Å². The maximum Gasteiger partial charge on any atom is 0.192 e. The van der Waals surface area contributed by atoms with Crippen molar-refractivity contribution in [3.8, 4) is 5.75 Å². The monoisotopic (exact) mass is 261 g/mol. The molecule has 3 N–H and O–H groups in total. The molecule has 1 fully saturated rings. The fourth-order valence-electron chi connectivity index (χ4n) is 2.77. The molecular formula is C14H19N3O2. The van der Waals surface area contributed by atoms with E-state index in [2.05, 4.69) is 9.89 Å². The van der Waals surface area contributed by atoms with Gasteiger partial charge in [0.15, 0.2) is 5.96 Å². The number of guanidine groups is 1. The zero-order chi connectivity index (χ0) is 13.2.